The number of ether oxygens (including phenoxy) is 2. The third-order valence-corrected chi connectivity index (χ3v) is 2.73. The lowest BCUT2D eigenvalue weighted by Gasteiger charge is -2.40. The Morgan fingerprint density at radius 1 is 0.846 bits per heavy atom. The third kappa shape index (κ3) is 4.59. The number of hydrogen-bond acceptors (Lipinski definition) is 5. The largest absolute Gasteiger partial charge is 0.828 e. The van der Waals surface area contributed by atoms with E-state index in [0.29, 0.717) is 18.2 Å². The summed E-state index contributed by atoms with van der Waals surface area (Å²) < 4.78 is 107. The molecule has 0 bridgehead atoms. The average molecular weight is 395 g/mol. The minimum absolute atomic E-state index is 0.417. The fourth-order valence-electron chi connectivity index (χ4n) is 1.52. The van der Waals surface area contributed by atoms with Gasteiger partial charge in [-0.25, -0.2) is 13.6 Å². The van der Waals surface area contributed by atoms with E-state index >= 15 is 0 Å². The first-order valence-electron chi connectivity index (χ1n) is 6.34. The zero-order chi connectivity index (χ0) is 20.3. The summed E-state index contributed by atoms with van der Waals surface area (Å²) >= 11 is 0. The molecule has 0 radical (unpaired) electrons. The predicted octanol–water partition coefficient (Wildman–Crippen LogP) is 1.89. The molecule has 0 spiro atoms. The molecular formula is C13H7F8O5-. The van der Waals surface area contributed by atoms with E-state index in [1.807, 2.05) is 0 Å². The summed E-state index contributed by atoms with van der Waals surface area (Å²) in [4.78, 5) is 22.3. The highest BCUT2D eigenvalue weighted by atomic mass is 19.4. The van der Waals surface area contributed by atoms with Crippen molar-refractivity contribution in [1.29, 1.82) is 0 Å². The van der Waals surface area contributed by atoms with Crippen molar-refractivity contribution in [2.24, 2.45) is 0 Å². The van der Waals surface area contributed by atoms with Gasteiger partial charge in [-0.05, 0) is 12.1 Å². The van der Waals surface area contributed by atoms with Gasteiger partial charge < -0.3 is 14.6 Å². The van der Waals surface area contributed by atoms with Crippen LogP contribution in [0.15, 0.2) is 18.2 Å². The molecule has 0 amide bonds. The zero-order valence-corrected chi connectivity index (χ0v) is 12.2. The molecule has 0 aliphatic carbocycles. The van der Waals surface area contributed by atoms with E-state index in [1.54, 1.807) is 0 Å². The number of carbonyl (C=O) groups excluding carboxylic acids is 2. The Hall–Kier alpha value is -2.44. The molecule has 146 valence electrons. The van der Waals surface area contributed by atoms with Crippen molar-refractivity contribution >= 4 is 11.9 Å². The van der Waals surface area contributed by atoms with Gasteiger partial charge in [0, 0.05) is 6.07 Å². The highest BCUT2D eigenvalue weighted by Gasteiger charge is 2.68. The number of hydrogen-bond donors (Lipinski definition) is 0. The van der Waals surface area contributed by atoms with Crippen molar-refractivity contribution in [2.75, 3.05) is 13.2 Å². The molecule has 0 atom stereocenters. The third-order valence-electron chi connectivity index (χ3n) is 2.73. The Morgan fingerprint density at radius 3 is 1.69 bits per heavy atom. The first-order chi connectivity index (χ1) is 11.7. The van der Waals surface area contributed by atoms with Crippen LogP contribution in [0.3, 0.4) is 0 Å². The molecule has 0 aliphatic heterocycles. The van der Waals surface area contributed by atoms with Gasteiger partial charge in [0.25, 0.3) is 0 Å². The second-order valence-corrected chi connectivity index (χ2v) is 4.61. The molecule has 0 N–H and O–H groups in total. The van der Waals surface area contributed by atoms with Gasteiger partial charge in [-0.2, -0.15) is 26.3 Å². The molecule has 1 aromatic rings. The summed E-state index contributed by atoms with van der Waals surface area (Å²) in [5, 5.41) is 11.0. The second-order valence-electron chi connectivity index (χ2n) is 4.61. The number of esters is 2. The number of rotatable bonds is 5. The minimum Gasteiger partial charge on any atom is -0.828 e. The van der Waals surface area contributed by atoms with Crippen molar-refractivity contribution < 1.29 is 59.3 Å². The standard InChI is InChI=1S/C13H7F8O5/c14-7-3-6(4-8(15)5-7)9(22)25-1-2-26-10(23)11(24,12(16,17)18)13(19,20)21/h3-5H,1-2H2/q-1. The molecule has 0 fully saturated rings. The van der Waals surface area contributed by atoms with Crippen LogP contribution in [-0.4, -0.2) is 43.1 Å². The molecule has 0 aliphatic rings. The summed E-state index contributed by atoms with van der Waals surface area (Å²) in [5.74, 6) is -6.91. The Labute approximate surface area is 139 Å². The minimum atomic E-state index is -6.53. The van der Waals surface area contributed by atoms with Crippen LogP contribution in [0.25, 0.3) is 0 Å². The topological polar surface area (TPSA) is 75.7 Å². The van der Waals surface area contributed by atoms with Crippen LogP contribution in [-0.2, 0) is 14.3 Å². The maximum absolute atomic E-state index is 12.9. The quantitative estimate of drug-likeness (QED) is 0.433. The summed E-state index contributed by atoms with van der Waals surface area (Å²) in [7, 11) is 0. The fraction of sp³-hybridized carbons (Fsp3) is 0.385. The van der Waals surface area contributed by atoms with Crippen LogP contribution in [0.2, 0.25) is 0 Å². The molecule has 0 heterocycles. The molecule has 1 aromatic carbocycles. The monoisotopic (exact) mass is 395 g/mol. The van der Waals surface area contributed by atoms with Gasteiger partial charge in [0.05, 0.1) is 5.56 Å². The maximum Gasteiger partial charge on any atom is 0.399 e. The number of carbonyl (C=O) groups is 2. The molecule has 5 nitrogen and oxygen atoms in total. The lowest BCUT2D eigenvalue weighted by atomic mass is 10.0. The van der Waals surface area contributed by atoms with Crippen molar-refractivity contribution in [3.63, 3.8) is 0 Å². The van der Waals surface area contributed by atoms with Gasteiger partial charge in [-0.1, -0.05) is 0 Å². The summed E-state index contributed by atoms with van der Waals surface area (Å²) in [6, 6.07) is 1.49. The molecular weight excluding hydrogens is 388 g/mol. The Bertz CT molecular complexity index is 648. The van der Waals surface area contributed by atoms with Crippen molar-refractivity contribution in [1.82, 2.24) is 0 Å². The Balaban J connectivity index is 2.67. The van der Waals surface area contributed by atoms with E-state index in [1.165, 1.54) is 0 Å². The number of halogens is 8. The molecule has 26 heavy (non-hydrogen) atoms. The highest BCUT2D eigenvalue weighted by Crippen LogP contribution is 2.41. The molecule has 1 rings (SSSR count). The first-order valence-corrected chi connectivity index (χ1v) is 6.34. The smallest absolute Gasteiger partial charge is 0.399 e. The van der Waals surface area contributed by atoms with Crippen LogP contribution < -0.4 is 5.11 Å². The lowest BCUT2D eigenvalue weighted by molar-refractivity contribution is -0.574. The van der Waals surface area contributed by atoms with Gasteiger partial charge in [0.1, 0.15) is 24.8 Å². The van der Waals surface area contributed by atoms with E-state index in [2.05, 4.69) is 9.47 Å². The van der Waals surface area contributed by atoms with E-state index in [-0.39, 0.29) is 0 Å². The molecule has 0 saturated carbocycles. The van der Waals surface area contributed by atoms with Gasteiger partial charge in [-0.15, -0.1) is 0 Å². The van der Waals surface area contributed by atoms with Crippen LogP contribution in [0.5, 0.6) is 0 Å². The van der Waals surface area contributed by atoms with Gasteiger partial charge in [0.2, 0.25) is 0 Å². The normalized spacial score (nSPS) is 12.7. The van der Waals surface area contributed by atoms with Crippen LogP contribution in [0.4, 0.5) is 35.1 Å². The number of alkyl halides is 6. The summed E-state index contributed by atoms with van der Waals surface area (Å²) in [6.07, 6.45) is -13.1. The summed E-state index contributed by atoms with van der Waals surface area (Å²) in [6.45, 7) is -2.41. The number of benzene rings is 1. The second kappa shape index (κ2) is 7.43. The molecule has 13 heteroatoms. The molecule has 0 unspecified atom stereocenters. The molecule has 0 aromatic heterocycles. The first kappa shape index (κ1) is 21.6. The predicted molar refractivity (Wildman–Crippen MR) is 62.4 cm³/mol. The van der Waals surface area contributed by atoms with Crippen LogP contribution in [0.1, 0.15) is 10.4 Å². The molecule has 0 saturated heterocycles. The van der Waals surface area contributed by atoms with Crippen molar-refractivity contribution in [2.45, 2.75) is 18.0 Å². The summed E-state index contributed by atoms with van der Waals surface area (Å²) in [5.41, 5.74) is -6.67. The SMILES string of the molecule is O=C(OCCOC(=O)C([O-])(C(F)(F)F)C(F)(F)F)c1cc(F)cc(F)c1. The van der Waals surface area contributed by atoms with Crippen molar-refractivity contribution in [3.05, 3.63) is 35.4 Å². The maximum atomic E-state index is 12.9. The van der Waals surface area contributed by atoms with E-state index in [9.17, 15) is 49.8 Å². The van der Waals surface area contributed by atoms with Crippen LogP contribution in [0, 0.1) is 11.6 Å². The Kier molecular flexibility index (Phi) is 6.18. The lowest BCUT2D eigenvalue weighted by Crippen LogP contribution is -2.71. The fourth-order valence-corrected chi connectivity index (χ4v) is 1.52. The van der Waals surface area contributed by atoms with Gasteiger partial charge >= 0.3 is 24.3 Å². The average Bonchev–Trinajstić information content (AvgIpc) is 2.46. The van der Waals surface area contributed by atoms with Gasteiger partial charge in [0.15, 0.2) is 5.60 Å². The van der Waals surface area contributed by atoms with E-state index in [0.717, 1.165) is 0 Å². The van der Waals surface area contributed by atoms with Crippen LogP contribution >= 0.6 is 0 Å². The van der Waals surface area contributed by atoms with Crippen molar-refractivity contribution in [3.8, 4) is 0 Å². The van der Waals surface area contributed by atoms with E-state index < -0.39 is 60.3 Å². The van der Waals surface area contributed by atoms with Gasteiger partial charge in [-0.3, -0.25) is 4.79 Å². The Morgan fingerprint density at radius 2 is 1.27 bits per heavy atom. The zero-order valence-electron chi connectivity index (χ0n) is 12.2. The van der Waals surface area contributed by atoms with E-state index in [4.69, 9.17) is 0 Å². The highest BCUT2D eigenvalue weighted by molar-refractivity contribution is 5.89.